The Bertz CT molecular complexity index is 122. The van der Waals surface area contributed by atoms with Crippen LogP contribution in [0, 0.1) is 0 Å². The summed E-state index contributed by atoms with van der Waals surface area (Å²) in [6.45, 7) is 7.37. The molecule has 2 nitrogen and oxygen atoms in total. The van der Waals surface area contributed by atoms with Crippen molar-refractivity contribution in [2.75, 3.05) is 13.7 Å². The van der Waals surface area contributed by atoms with Crippen LogP contribution in [-0.4, -0.2) is 30.3 Å². The first-order valence-electron chi connectivity index (χ1n) is 3.91. The van der Waals surface area contributed by atoms with Crippen molar-refractivity contribution in [3.8, 4) is 0 Å². The average Bonchev–Trinajstić information content (AvgIpc) is 1.83. The van der Waals surface area contributed by atoms with Crippen LogP contribution in [0.25, 0.3) is 0 Å². The summed E-state index contributed by atoms with van der Waals surface area (Å²) in [7, 11) is 2.11. The van der Waals surface area contributed by atoms with Gasteiger partial charge in [-0.25, -0.2) is 0 Å². The third-order valence-electron chi connectivity index (χ3n) is 2.50. The maximum Gasteiger partial charge on any atom is 0.116 e. The largest absolute Gasteiger partial charge is 0.361 e. The summed E-state index contributed by atoms with van der Waals surface area (Å²) in [4.78, 5) is 2.27. The zero-order valence-corrected chi connectivity index (χ0v) is 7.35. The lowest BCUT2D eigenvalue weighted by Gasteiger charge is -2.43. The van der Waals surface area contributed by atoms with E-state index in [-0.39, 0.29) is 5.72 Å². The Labute approximate surface area is 63.2 Å². The van der Waals surface area contributed by atoms with E-state index in [0.717, 1.165) is 13.0 Å². The van der Waals surface area contributed by atoms with Gasteiger partial charge in [-0.2, -0.15) is 0 Å². The van der Waals surface area contributed by atoms with Gasteiger partial charge in [0.05, 0.1) is 6.61 Å². The Kier molecular flexibility index (Phi) is 2.02. The lowest BCUT2D eigenvalue weighted by atomic mass is 10.1. The summed E-state index contributed by atoms with van der Waals surface area (Å²) in [6.07, 6.45) is 1.15. The highest BCUT2D eigenvalue weighted by Crippen LogP contribution is 2.23. The minimum absolute atomic E-state index is 0.0579. The molecule has 2 heteroatoms. The topological polar surface area (TPSA) is 12.5 Å². The quantitative estimate of drug-likeness (QED) is 0.509. The zero-order valence-electron chi connectivity index (χ0n) is 7.35. The van der Waals surface area contributed by atoms with E-state index in [1.54, 1.807) is 0 Å². The van der Waals surface area contributed by atoms with Gasteiger partial charge >= 0.3 is 0 Å². The molecule has 0 aromatic rings. The number of hydrogen-bond donors (Lipinski definition) is 0. The number of hydrogen-bond acceptors (Lipinski definition) is 2. The fraction of sp³-hybridized carbons (Fsp3) is 1.00. The first-order valence-corrected chi connectivity index (χ1v) is 3.91. The third-order valence-corrected chi connectivity index (χ3v) is 2.50. The van der Waals surface area contributed by atoms with Crippen molar-refractivity contribution in [1.82, 2.24) is 4.90 Å². The van der Waals surface area contributed by atoms with Gasteiger partial charge in [0.15, 0.2) is 0 Å². The molecule has 0 saturated carbocycles. The van der Waals surface area contributed by atoms with Gasteiger partial charge in [-0.3, -0.25) is 4.90 Å². The Morgan fingerprint density at radius 1 is 1.50 bits per heavy atom. The predicted octanol–water partition coefficient (Wildman–Crippen LogP) is 1.46. The summed E-state index contributed by atoms with van der Waals surface area (Å²) < 4.78 is 5.57. The summed E-state index contributed by atoms with van der Waals surface area (Å²) >= 11 is 0. The van der Waals surface area contributed by atoms with Gasteiger partial charge in [0.25, 0.3) is 0 Å². The van der Waals surface area contributed by atoms with Crippen LogP contribution in [0.3, 0.4) is 0 Å². The molecule has 1 aliphatic heterocycles. The van der Waals surface area contributed by atoms with Crippen molar-refractivity contribution in [1.29, 1.82) is 0 Å². The van der Waals surface area contributed by atoms with Crippen LogP contribution in [0.5, 0.6) is 0 Å². The highest BCUT2D eigenvalue weighted by molar-refractivity contribution is 4.78. The van der Waals surface area contributed by atoms with Crippen molar-refractivity contribution >= 4 is 0 Å². The van der Waals surface area contributed by atoms with Crippen LogP contribution in [0.15, 0.2) is 0 Å². The molecule has 0 aromatic carbocycles. The zero-order chi connectivity index (χ0) is 7.78. The molecule has 0 radical (unpaired) electrons. The second-order valence-corrected chi connectivity index (χ2v) is 3.54. The second kappa shape index (κ2) is 2.51. The molecule has 1 fully saturated rings. The fourth-order valence-electron chi connectivity index (χ4n) is 1.31. The Morgan fingerprint density at radius 3 is 2.50 bits per heavy atom. The van der Waals surface area contributed by atoms with E-state index in [1.807, 2.05) is 0 Å². The van der Waals surface area contributed by atoms with Gasteiger partial charge in [-0.15, -0.1) is 0 Å². The van der Waals surface area contributed by atoms with E-state index in [4.69, 9.17) is 4.74 Å². The standard InChI is InChI=1S/C8H17NO/c1-7-5-6-10-8(2,3)9(7)4/h7H,5-6H2,1-4H3/t7-/m0/s1. The van der Waals surface area contributed by atoms with Gasteiger partial charge in [0, 0.05) is 6.04 Å². The number of nitrogens with zero attached hydrogens (tertiary/aromatic N) is 1. The van der Waals surface area contributed by atoms with Crippen LogP contribution in [0.1, 0.15) is 27.2 Å². The molecule has 1 saturated heterocycles. The van der Waals surface area contributed by atoms with Crippen molar-refractivity contribution in [3.63, 3.8) is 0 Å². The molecule has 60 valence electrons. The van der Waals surface area contributed by atoms with E-state index in [1.165, 1.54) is 0 Å². The Balaban J connectivity index is 2.60. The number of ether oxygens (including phenoxy) is 1. The van der Waals surface area contributed by atoms with Crippen LogP contribution in [-0.2, 0) is 4.74 Å². The van der Waals surface area contributed by atoms with Crippen molar-refractivity contribution in [3.05, 3.63) is 0 Å². The molecule has 0 N–H and O–H groups in total. The maximum absolute atomic E-state index is 5.57. The molecular weight excluding hydrogens is 126 g/mol. The number of rotatable bonds is 0. The van der Waals surface area contributed by atoms with E-state index < -0.39 is 0 Å². The van der Waals surface area contributed by atoms with Gasteiger partial charge in [0.1, 0.15) is 5.72 Å². The van der Waals surface area contributed by atoms with Gasteiger partial charge in [0.2, 0.25) is 0 Å². The minimum Gasteiger partial charge on any atom is -0.361 e. The lowest BCUT2D eigenvalue weighted by molar-refractivity contribution is -0.171. The van der Waals surface area contributed by atoms with Crippen LogP contribution < -0.4 is 0 Å². The monoisotopic (exact) mass is 143 g/mol. The lowest BCUT2D eigenvalue weighted by Crippen LogP contribution is -2.52. The summed E-state index contributed by atoms with van der Waals surface area (Å²) in [5, 5.41) is 0. The molecule has 1 rings (SSSR count). The molecule has 1 atom stereocenters. The maximum atomic E-state index is 5.57. The SMILES string of the molecule is C[C@H]1CCOC(C)(C)N1C. The molecule has 0 bridgehead atoms. The first-order chi connectivity index (χ1) is 4.54. The molecule has 1 aliphatic rings. The molecule has 10 heavy (non-hydrogen) atoms. The summed E-state index contributed by atoms with van der Waals surface area (Å²) in [5.41, 5.74) is -0.0579. The predicted molar refractivity (Wildman–Crippen MR) is 41.9 cm³/mol. The van der Waals surface area contributed by atoms with E-state index in [9.17, 15) is 0 Å². The van der Waals surface area contributed by atoms with Crippen LogP contribution >= 0.6 is 0 Å². The average molecular weight is 143 g/mol. The molecule has 0 aliphatic carbocycles. The fourth-order valence-corrected chi connectivity index (χ4v) is 1.31. The van der Waals surface area contributed by atoms with Crippen molar-refractivity contribution in [2.45, 2.75) is 39.0 Å². The van der Waals surface area contributed by atoms with E-state index in [0.29, 0.717) is 6.04 Å². The summed E-state index contributed by atoms with van der Waals surface area (Å²) in [6, 6.07) is 0.656. The molecule has 0 amide bonds. The highest BCUT2D eigenvalue weighted by Gasteiger charge is 2.31. The van der Waals surface area contributed by atoms with Crippen LogP contribution in [0.4, 0.5) is 0 Å². The summed E-state index contributed by atoms with van der Waals surface area (Å²) in [5.74, 6) is 0. The Hall–Kier alpha value is -0.0800. The molecule has 0 spiro atoms. The van der Waals surface area contributed by atoms with E-state index in [2.05, 4.69) is 32.7 Å². The highest BCUT2D eigenvalue weighted by atomic mass is 16.5. The van der Waals surface area contributed by atoms with Crippen LogP contribution in [0.2, 0.25) is 0 Å². The molecule has 1 heterocycles. The second-order valence-electron chi connectivity index (χ2n) is 3.54. The molecular formula is C8H17NO. The first kappa shape index (κ1) is 8.02. The van der Waals surface area contributed by atoms with Crippen molar-refractivity contribution in [2.24, 2.45) is 0 Å². The van der Waals surface area contributed by atoms with Gasteiger partial charge in [-0.05, 0) is 34.2 Å². The molecule has 0 aromatic heterocycles. The van der Waals surface area contributed by atoms with E-state index >= 15 is 0 Å². The van der Waals surface area contributed by atoms with Gasteiger partial charge < -0.3 is 4.74 Å². The minimum atomic E-state index is -0.0579. The normalized spacial score (nSPS) is 34.2. The van der Waals surface area contributed by atoms with Gasteiger partial charge in [-0.1, -0.05) is 0 Å². The van der Waals surface area contributed by atoms with Crippen molar-refractivity contribution < 1.29 is 4.74 Å². The molecule has 0 unspecified atom stereocenters. The smallest absolute Gasteiger partial charge is 0.116 e. The Morgan fingerprint density at radius 2 is 2.10 bits per heavy atom. The third kappa shape index (κ3) is 1.32.